The third kappa shape index (κ3) is 4.09. The molecule has 0 spiro atoms. The molecule has 9 heteroatoms. The highest BCUT2D eigenvalue weighted by atomic mass is 19.1. The van der Waals surface area contributed by atoms with Crippen molar-refractivity contribution in [3.05, 3.63) is 52.6 Å². The van der Waals surface area contributed by atoms with Crippen molar-refractivity contribution in [1.29, 1.82) is 0 Å². The van der Waals surface area contributed by atoms with Gasteiger partial charge in [-0.3, -0.25) is 4.79 Å². The van der Waals surface area contributed by atoms with Crippen LogP contribution in [-0.4, -0.2) is 65.2 Å². The average Bonchev–Trinajstić information content (AvgIpc) is 3.24. The Morgan fingerprint density at radius 1 is 1.15 bits per heavy atom. The number of nitrogens with one attached hydrogen (secondary N) is 1. The van der Waals surface area contributed by atoms with Gasteiger partial charge in [-0.05, 0) is 51.3 Å². The highest BCUT2D eigenvalue weighted by Crippen LogP contribution is 2.35. The second-order valence-corrected chi connectivity index (χ2v) is 9.16. The maximum absolute atomic E-state index is 14.2. The van der Waals surface area contributed by atoms with Crippen molar-refractivity contribution in [3.63, 3.8) is 0 Å². The minimum Gasteiger partial charge on any atom is -0.491 e. The number of amides is 1. The maximum atomic E-state index is 14.2. The summed E-state index contributed by atoms with van der Waals surface area (Å²) in [4.78, 5) is 22.5. The first-order valence-corrected chi connectivity index (χ1v) is 12.0. The molecule has 0 saturated carbocycles. The summed E-state index contributed by atoms with van der Waals surface area (Å²) in [7, 11) is 2.06. The number of rotatable bonds is 0. The molecule has 34 heavy (non-hydrogen) atoms. The van der Waals surface area contributed by atoms with Crippen LogP contribution in [0.5, 0.6) is 5.75 Å². The average molecular weight is 467 g/mol. The lowest BCUT2D eigenvalue weighted by atomic mass is 9.98. The molecule has 1 aromatic carbocycles. The molecule has 1 amide bonds. The predicted octanol–water partition coefficient (Wildman–Crippen LogP) is 3.27. The lowest BCUT2D eigenvalue weighted by Crippen LogP contribution is -2.39. The highest BCUT2D eigenvalue weighted by molar-refractivity contribution is 5.97. The van der Waals surface area contributed by atoms with Crippen molar-refractivity contribution in [2.24, 2.45) is 0 Å². The number of anilines is 1. The molecule has 1 unspecified atom stereocenters. The number of hydrogen-bond acceptors (Lipinski definition) is 6. The summed E-state index contributed by atoms with van der Waals surface area (Å²) in [6, 6.07) is 5.95. The van der Waals surface area contributed by atoms with Crippen LogP contribution in [0.15, 0.2) is 24.3 Å². The normalized spacial score (nSPS) is 19.8. The van der Waals surface area contributed by atoms with Gasteiger partial charge in [-0.1, -0.05) is 0 Å². The molecule has 1 N–H and O–H groups in total. The van der Waals surface area contributed by atoms with E-state index >= 15 is 0 Å². The molecule has 8 nitrogen and oxygen atoms in total. The first-order chi connectivity index (χ1) is 16.4. The number of aromatic nitrogens is 3. The fourth-order valence-corrected chi connectivity index (χ4v) is 4.95. The number of hydrogen-bond donors (Lipinski definition) is 1. The standard InChI is InChI=1S/C25H31FN6O2/c1-16-17(2)28-23-15-20-21-6-4-5-11-31(21)25(33)19-14-18(26)7-8-22(19)34-13-10-27-9-12-30(3)24(16)32(23)29-20/h7-8,14-15,21,27H,4-6,9-13H2,1-3H3. The predicted molar refractivity (Wildman–Crippen MR) is 128 cm³/mol. The molecule has 180 valence electrons. The van der Waals surface area contributed by atoms with Gasteiger partial charge in [0.2, 0.25) is 0 Å². The minimum atomic E-state index is -0.452. The monoisotopic (exact) mass is 466 g/mol. The molecule has 3 aromatic rings. The first-order valence-electron chi connectivity index (χ1n) is 12.0. The summed E-state index contributed by atoms with van der Waals surface area (Å²) in [5, 5.41) is 8.34. The Kier molecular flexibility index (Phi) is 6.12. The molecule has 2 aliphatic rings. The number of nitrogens with zero attached hydrogens (tertiary/aromatic N) is 5. The number of ether oxygens (including phenoxy) is 1. The van der Waals surface area contributed by atoms with Gasteiger partial charge in [0.25, 0.3) is 5.91 Å². The Labute approximate surface area is 198 Å². The molecule has 4 heterocycles. The van der Waals surface area contributed by atoms with E-state index in [0.717, 1.165) is 60.8 Å². The fraction of sp³-hybridized carbons (Fsp3) is 0.480. The zero-order valence-electron chi connectivity index (χ0n) is 20.0. The number of piperidine rings is 1. The van der Waals surface area contributed by atoms with Gasteiger partial charge in [0.1, 0.15) is 24.0 Å². The van der Waals surface area contributed by atoms with Crippen LogP contribution in [0.4, 0.5) is 10.2 Å². The number of fused-ring (bicyclic) bond motifs is 4. The molecule has 1 atom stereocenters. The van der Waals surface area contributed by atoms with Crippen LogP contribution in [-0.2, 0) is 0 Å². The highest BCUT2D eigenvalue weighted by Gasteiger charge is 2.33. The Hall–Kier alpha value is -3.20. The Balaban J connectivity index is 1.64. The topological polar surface area (TPSA) is 75.0 Å². The maximum Gasteiger partial charge on any atom is 0.258 e. The van der Waals surface area contributed by atoms with Crippen LogP contribution in [0.1, 0.15) is 52.6 Å². The SMILES string of the molecule is Cc1nc2cc3nn2c(c1C)N(C)CCNCCOc1ccc(F)cc1C(=O)N1CCCCC31. The van der Waals surface area contributed by atoms with E-state index in [2.05, 4.69) is 24.2 Å². The molecular formula is C25H31FN6O2. The second kappa shape index (κ2) is 9.21. The van der Waals surface area contributed by atoms with Crippen LogP contribution in [0.25, 0.3) is 5.65 Å². The number of aryl methyl sites for hydroxylation is 1. The minimum absolute atomic E-state index is 0.201. The van der Waals surface area contributed by atoms with Gasteiger partial charge in [0, 0.05) is 50.6 Å². The third-order valence-electron chi connectivity index (χ3n) is 6.87. The summed E-state index contributed by atoms with van der Waals surface area (Å²) >= 11 is 0. The van der Waals surface area contributed by atoms with Crippen molar-refractivity contribution in [1.82, 2.24) is 24.8 Å². The zero-order valence-corrected chi connectivity index (χ0v) is 20.0. The van der Waals surface area contributed by atoms with Crippen LogP contribution < -0.4 is 15.0 Å². The smallest absolute Gasteiger partial charge is 0.258 e. The van der Waals surface area contributed by atoms with Gasteiger partial charge >= 0.3 is 0 Å². The Morgan fingerprint density at radius 3 is 2.85 bits per heavy atom. The molecular weight excluding hydrogens is 435 g/mol. The van der Waals surface area contributed by atoms with Crippen molar-refractivity contribution in [3.8, 4) is 5.75 Å². The van der Waals surface area contributed by atoms with E-state index in [-0.39, 0.29) is 17.5 Å². The molecule has 1 fully saturated rings. The van der Waals surface area contributed by atoms with E-state index < -0.39 is 5.82 Å². The molecule has 1 saturated heterocycles. The van der Waals surface area contributed by atoms with Gasteiger partial charge < -0.3 is 19.9 Å². The lowest BCUT2D eigenvalue weighted by molar-refractivity contribution is 0.0601. The largest absolute Gasteiger partial charge is 0.491 e. The van der Waals surface area contributed by atoms with Crippen molar-refractivity contribution < 1.29 is 13.9 Å². The lowest BCUT2D eigenvalue weighted by Gasteiger charge is -2.35. The van der Waals surface area contributed by atoms with Crippen LogP contribution in [0.2, 0.25) is 0 Å². The fourth-order valence-electron chi connectivity index (χ4n) is 4.95. The van der Waals surface area contributed by atoms with E-state index in [1.165, 1.54) is 12.1 Å². The zero-order chi connectivity index (χ0) is 23.8. The van der Waals surface area contributed by atoms with Gasteiger partial charge in [0.05, 0.1) is 17.3 Å². The first kappa shape index (κ1) is 22.6. The number of carbonyl (C=O) groups is 1. The Bertz CT molecular complexity index is 1230. The number of likely N-dealkylation sites (N-methyl/N-ethyl adjacent to an activating group) is 1. The molecule has 2 bridgehead atoms. The van der Waals surface area contributed by atoms with E-state index in [1.807, 2.05) is 22.4 Å². The van der Waals surface area contributed by atoms with E-state index in [4.69, 9.17) is 14.8 Å². The summed E-state index contributed by atoms with van der Waals surface area (Å²) in [5.74, 6) is 0.730. The summed E-state index contributed by atoms with van der Waals surface area (Å²) < 4.78 is 22.0. The molecule has 0 aliphatic carbocycles. The summed E-state index contributed by atoms with van der Waals surface area (Å²) in [6.45, 7) is 7.20. The molecule has 5 rings (SSSR count). The van der Waals surface area contributed by atoms with Crippen LogP contribution in [0.3, 0.4) is 0 Å². The third-order valence-corrected chi connectivity index (χ3v) is 6.87. The summed E-state index contributed by atoms with van der Waals surface area (Å²) in [5.41, 5.74) is 3.87. The van der Waals surface area contributed by atoms with Gasteiger partial charge in [-0.15, -0.1) is 0 Å². The van der Waals surface area contributed by atoms with Crippen molar-refractivity contribution in [2.45, 2.75) is 39.2 Å². The summed E-state index contributed by atoms with van der Waals surface area (Å²) in [6.07, 6.45) is 2.70. The van der Waals surface area contributed by atoms with Crippen molar-refractivity contribution >= 4 is 17.4 Å². The van der Waals surface area contributed by atoms with Gasteiger partial charge in [-0.2, -0.15) is 9.61 Å². The quantitative estimate of drug-likeness (QED) is 0.548. The van der Waals surface area contributed by atoms with Gasteiger partial charge in [0.15, 0.2) is 5.65 Å². The molecule has 2 aliphatic heterocycles. The second-order valence-electron chi connectivity index (χ2n) is 9.16. The van der Waals surface area contributed by atoms with Crippen LogP contribution >= 0.6 is 0 Å². The number of halogens is 1. The van der Waals surface area contributed by atoms with E-state index in [1.54, 1.807) is 6.07 Å². The van der Waals surface area contributed by atoms with E-state index in [0.29, 0.717) is 25.4 Å². The Morgan fingerprint density at radius 2 is 2.00 bits per heavy atom. The number of benzene rings is 1. The number of carbonyl (C=O) groups excluding carboxylic acids is 1. The van der Waals surface area contributed by atoms with Gasteiger partial charge in [-0.25, -0.2) is 9.37 Å². The van der Waals surface area contributed by atoms with Crippen LogP contribution in [0, 0.1) is 19.7 Å². The molecule has 0 radical (unpaired) electrons. The van der Waals surface area contributed by atoms with E-state index in [9.17, 15) is 9.18 Å². The molecule has 2 aromatic heterocycles. The van der Waals surface area contributed by atoms with Crippen molar-refractivity contribution in [2.75, 3.05) is 44.7 Å².